The van der Waals surface area contributed by atoms with E-state index in [4.69, 9.17) is 10.5 Å². The van der Waals surface area contributed by atoms with E-state index in [9.17, 15) is 4.79 Å². The largest absolute Gasteiger partial charge is 0.380 e. The SMILES string of the molecule is CCOCCN(C(=O)CN)c1c(C)cccc1C. The molecule has 0 aromatic heterocycles. The maximum atomic E-state index is 12.0. The molecule has 0 fully saturated rings. The van der Waals surface area contributed by atoms with E-state index in [2.05, 4.69) is 0 Å². The van der Waals surface area contributed by atoms with E-state index in [-0.39, 0.29) is 12.5 Å². The van der Waals surface area contributed by atoms with Crippen LogP contribution in [0.3, 0.4) is 0 Å². The van der Waals surface area contributed by atoms with Crippen LogP contribution in [-0.2, 0) is 9.53 Å². The first-order valence-corrected chi connectivity index (χ1v) is 6.26. The molecule has 1 aromatic rings. The zero-order valence-electron chi connectivity index (χ0n) is 11.4. The molecule has 18 heavy (non-hydrogen) atoms. The summed E-state index contributed by atoms with van der Waals surface area (Å²) in [5, 5.41) is 0. The Labute approximate surface area is 109 Å². The monoisotopic (exact) mass is 250 g/mol. The summed E-state index contributed by atoms with van der Waals surface area (Å²) in [5.41, 5.74) is 8.59. The maximum absolute atomic E-state index is 12.0. The van der Waals surface area contributed by atoms with Crippen LogP contribution in [0.1, 0.15) is 18.1 Å². The average Bonchev–Trinajstić information content (AvgIpc) is 2.36. The van der Waals surface area contributed by atoms with Crippen molar-refractivity contribution in [3.05, 3.63) is 29.3 Å². The van der Waals surface area contributed by atoms with Crippen molar-refractivity contribution in [2.75, 3.05) is 31.2 Å². The molecule has 0 unspecified atom stereocenters. The van der Waals surface area contributed by atoms with E-state index in [0.29, 0.717) is 19.8 Å². The molecule has 0 saturated heterocycles. The van der Waals surface area contributed by atoms with Gasteiger partial charge in [0.2, 0.25) is 5.91 Å². The summed E-state index contributed by atoms with van der Waals surface area (Å²) in [6.07, 6.45) is 0. The number of para-hydroxylation sites is 1. The fraction of sp³-hybridized carbons (Fsp3) is 0.500. The smallest absolute Gasteiger partial charge is 0.240 e. The van der Waals surface area contributed by atoms with Crippen molar-refractivity contribution in [2.45, 2.75) is 20.8 Å². The molecule has 0 bridgehead atoms. The molecule has 4 nitrogen and oxygen atoms in total. The summed E-state index contributed by atoms with van der Waals surface area (Å²) in [5.74, 6) is -0.0768. The Morgan fingerprint density at radius 2 is 1.94 bits per heavy atom. The van der Waals surface area contributed by atoms with Crippen molar-refractivity contribution in [3.8, 4) is 0 Å². The van der Waals surface area contributed by atoms with Gasteiger partial charge in [-0.3, -0.25) is 4.79 Å². The van der Waals surface area contributed by atoms with Gasteiger partial charge in [0.15, 0.2) is 0 Å². The summed E-state index contributed by atoms with van der Waals surface area (Å²) in [6.45, 7) is 7.66. The van der Waals surface area contributed by atoms with Crippen LogP contribution in [0.2, 0.25) is 0 Å². The molecule has 0 spiro atoms. The van der Waals surface area contributed by atoms with Crippen molar-refractivity contribution < 1.29 is 9.53 Å². The lowest BCUT2D eigenvalue weighted by Gasteiger charge is -2.25. The number of benzene rings is 1. The highest BCUT2D eigenvalue weighted by atomic mass is 16.5. The van der Waals surface area contributed by atoms with Crippen molar-refractivity contribution in [1.29, 1.82) is 0 Å². The Hall–Kier alpha value is -1.39. The van der Waals surface area contributed by atoms with Gasteiger partial charge in [0.05, 0.1) is 13.2 Å². The number of aryl methyl sites for hydroxylation is 2. The van der Waals surface area contributed by atoms with Crippen LogP contribution < -0.4 is 10.6 Å². The van der Waals surface area contributed by atoms with Gasteiger partial charge in [-0.25, -0.2) is 0 Å². The molecule has 0 radical (unpaired) electrons. The van der Waals surface area contributed by atoms with Crippen LogP contribution in [-0.4, -0.2) is 32.2 Å². The molecule has 0 aliphatic heterocycles. The lowest BCUT2D eigenvalue weighted by molar-refractivity contribution is -0.117. The van der Waals surface area contributed by atoms with Gasteiger partial charge in [0.25, 0.3) is 0 Å². The average molecular weight is 250 g/mol. The van der Waals surface area contributed by atoms with Crippen LogP contribution in [0.5, 0.6) is 0 Å². The van der Waals surface area contributed by atoms with Crippen molar-refractivity contribution in [3.63, 3.8) is 0 Å². The van der Waals surface area contributed by atoms with Gasteiger partial charge in [-0.2, -0.15) is 0 Å². The first-order chi connectivity index (χ1) is 8.61. The van der Waals surface area contributed by atoms with Gasteiger partial charge >= 0.3 is 0 Å². The zero-order chi connectivity index (χ0) is 13.5. The number of carbonyl (C=O) groups excluding carboxylic acids is 1. The maximum Gasteiger partial charge on any atom is 0.240 e. The second-order valence-electron chi connectivity index (χ2n) is 4.19. The normalized spacial score (nSPS) is 10.4. The van der Waals surface area contributed by atoms with E-state index in [1.807, 2.05) is 39.0 Å². The molecule has 1 rings (SSSR count). The Balaban J connectivity index is 2.98. The number of nitrogens with two attached hydrogens (primary N) is 1. The van der Waals surface area contributed by atoms with Crippen molar-refractivity contribution >= 4 is 11.6 Å². The first kappa shape index (κ1) is 14.7. The van der Waals surface area contributed by atoms with Gasteiger partial charge in [-0.1, -0.05) is 18.2 Å². The Morgan fingerprint density at radius 1 is 1.33 bits per heavy atom. The number of amides is 1. The quantitative estimate of drug-likeness (QED) is 0.781. The topological polar surface area (TPSA) is 55.6 Å². The van der Waals surface area contributed by atoms with Crippen LogP contribution in [0, 0.1) is 13.8 Å². The lowest BCUT2D eigenvalue weighted by Crippen LogP contribution is -2.39. The minimum Gasteiger partial charge on any atom is -0.380 e. The second-order valence-corrected chi connectivity index (χ2v) is 4.19. The molecule has 0 aliphatic rings. The predicted octanol–water partition coefficient (Wildman–Crippen LogP) is 1.63. The molecular weight excluding hydrogens is 228 g/mol. The zero-order valence-corrected chi connectivity index (χ0v) is 11.4. The first-order valence-electron chi connectivity index (χ1n) is 6.26. The molecule has 1 aromatic carbocycles. The molecule has 2 N–H and O–H groups in total. The predicted molar refractivity (Wildman–Crippen MR) is 73.8 cm³/mol. The van der Waals surface area contributed by atoms with E-state index in [0.717, 1.165) is 16.8 Å². The summed E-state index contributed by atoms with van der Waals surface area (Å²) in [6, 6.07) is 5.99. The van der Waals surface area contributed by atoms with Crippen molar-refractivity contribution in [2.24, 2.45) is 5.73 Å². The lowest BCUT2D eigenvalue weighted by atomic mass is 10.1. The van der Waals surface area contributed by atoms with Gasteiger partial charge in [0.1, 0.15) is 0 Å². The van der Waals surface area contributed by atoms with Crippen LogP contribution in [0.25, 0.3) is 0 Å². The highest BCUT2D eigenvalue weighted by Crippen LogP contribution is 2.24. The fourth-order valence-electron chi connectivity index (χ4n) is 2.00. The van der Waals surface area contributed by atoms with E-state index in [1.165, 1.54) is 0 Å². The summed E-state index contributed by atoms with van der Waals surface area (Å²) < 4.78 is 5.33. The number of nitrogens with zero attached hydrogens (tertiary/aromatic N) is 1. The number of hydrogen-bond donors (Lipinski definition) is 1. The Morgan fingerprint density at radius 3 is 2.44 bits per heavy atom. The minimum absolute atomic E-state index is 0.0138. The second kappa shape index (κ2) is 7.13. The molecule has 100 valence electrons. The highest BCUT2D eigenvalue weighted by Gasteiger charge is 2.17. The van der Waals surface area contributed by atoms with E-state index in [1.54, 1.807) is 4.90 Å². The number of anilines is 1. The number of carbonyl (C=O) groups is 1. The van der Waals surface area contributed by atoms with E-state index >= 15 is 0 Å². The van der Waals surface area contributed by atoms with Gasteiger partial charge < -0.3 is 15.4 Å². The standard InChI is InChI=1S/C14H22N2O2/c1-4-18-9-8-16(13(17)10-15)14-11(2)6-5-7-12(14)3/h5-7H,4,8-10,15H2,1-3H3. The van der Waals surface area contributed by atoms with E-state index < -0.39 is 0 Å². The molecule has 4 heteroatoms. The van der Waals surface area contributed by atoms with Gasteiger partial charge in [0, 0.05) is 18.8 Å². The number of rotatable bonds is 6. The Kier molecular flexibility index (Phi) is 5.82. The van der Waals surface area contributed by atoms with Gasteiger partial charge in [-0.05, 0) is 31.9 Å². The Bertz CT molecular complexity index is 385. The molecular formula is C14H22N2O2. The molecule has 1 amide bonds. The number of ether oxygens (including phenoxy) is 1. The molecule has 0 heterocycles. The fourth-order valence-corrected chi connectivity index (χ4v) is 2.00. The van der Waals surface area contributed by atoms with Crippen LogP contribution in [0.15, 0.2) is 18.2 Å². The third-order valence-corrected chi connectivity index (χ3v) is 2.85. The molecule has 0 saturated carbocycles. The van der Waals surface area contributed by atoms with Crippen molar-refractivity contribution in [1.82, 2.24) is 0 Å². The third-order valence-electron chi connectivity index (χ3n) is 2.85. The summed E-state index contributed by atoms with van der Waals surface area (Å²) in [4.78, 5) is 13.7. The molecule has 0 atom stereocenters. The van der Waals surface area contributed by atoms with Crippen LogP contribution >= 0.6 is 0 Å². The van der Waals surface area contributed by atoms with Crippen LogP contribution in [0.4, 0.5) is 5.69 Å². The third kappa shape index (κ3) is 3.55. The number of hydrogen-bond acceptors (Lipinski definition) is 3. The summed E-state index contributed by atoms with van der Waals surface area (Å²) >= 11 is 0. The van der Waals surface area contributed by atoms with Gasteiger partial charge in [-0.15, -0.1) is 0 Å². The highest BCUT2D eigenvalue weighted by molar-refractivity contribution is 5.96. The summed E-state index contributed by atoms with van der Waals surface area (Å²) in [7, 11) is 0. The molecule has 0 aliphatic carbocycles. The minimum atomic E-state index is -0.0768.